The van der Waals surface area contributed by atoms with E-state index >= 15 is 0 Å². The number of thioether (sulfide) groups is 1. The van der Waals surface area contributed by atoms with Crippen molar-refractivity contribution in [3.05, 3.63) is 29.8 Å². The molecule has 0 amide bonds. The van der Waals surface area contributed by atoms with Crippen LogP contribution in [0.3, 0.4) is 0 Å². The van der Waals surface area contributed by atoms with Crippen LogP contribution in [0.4, 0.5) is 0 Å². The second-order valence-electron chi connectivity index (χ2n) is 3.36. The fourth-order valence-electron chi connectivity index (χ4n) is 1.42. The maximum atomic E-state index is 5.78. The molecule has 0 heterocycles. The summed E-state index contributed by atoms with van der Waals surface area (Å²) in [6.07, 6.45) is 0. The van der Waals surface area contributed by atoms with Crippen LogP contribution in [-0.4, -0.2) is 33.1 Å². The summed E-state index contributed by atoms with van der Waals surface area (Å²) in [5.41, 5.74) is 6.99. The fraction of sp³-hybridized carbons (Fsp3) is 0.500. The number of ether oxygens (including phenoxy) is 2. The molecule has 1 rings (SSSR count). The highest BCUT2D eigenvalue weighted by atomic mass is 32.2. The molecule has 1 unspecified atom stereocenters. The molecule has 0 aliphatic heterocycles. The Balaban J connectivity index is 2.62. The first-order valence-electron chi connectivity index (χ1n) is 5.26. The average molecular weight is 241 g/mol. The van der Waals surface area contributed by atoms with Crippen molar-refractivity contribution in [1.29, 1.82) is 0 Å². The van der Waals surface area contributed by atoms with Crippen molar-refractivity contribution in [3.63, 3.8) is 0 Å². The predicted molar refractivity (Wildman–Crippen MR) is 69.1 cm³/mol. The van der Waals surface area contributed by atoms with Crippen molar-refractivity contribution in [2.45, 2.75) is 5.25 Å². The molecule has 0 spiro atoms. The Morgan fingerprint density at radius 2 is 2.19 bits per heavy atom. The monoisotopic (exact) mass is 241 g/mol. The molecule has 0 aromatic heterocycles. The second kappa shape index (κ2) is 7.54. The Morgan fingerprint density at radius 1 is 1.38 bits per heavy atom. The van der Waals surface area contributed by atoms with Crippen molar-refractivity contribution in [3.8, 4) is 5.75 Å². The third kappa shape index (κ3) is 4.04. The lowest BCUT2D eigenvalue weighted by atomic mass is 10.1. The first-order valence-corrected chi connectivity index (χ1v) is 6.31. The first-order chi connectivity index (χ1) is 7.81. The number of benzene rings is 1. The summed E-state index contributed by atoms with van der Waals surface area (Å²) in [7, 11) is 3.39. The van der Waals surface area contributed by atoms with E-state index in [-0.39, 0.29) is 0 Å². The van der Waals surface area contributed by atoms with Gasteiger partial charge in [-0.1, -0.05) is 12.1 Å². The van der Waals surface area contributed by atoms with Crippen LogP contribution >= 0.6 is 11.8 Å². The maximum Gasteiger partial charge on any atom is 0.119 e. The first kappa shape index (κ1) is 13.4. The Kier molecular flexibility index (Phi) is 6.30. The van der Waals surface area contributed by atoms with E-state index in [1.807, 2.05) is 30.0 Å². The molecule has 3 nitrogen and oxygen atoms in total. The quantitative estimate of drug-likeness (QED) is 0.742. The van der Waals surface area contributed by atoms with E-state index in [4.69, 9.17) is 15.2 Å². The normalized spacial score (nSPS) is 12.4. The van der Waals surface area contributed by atoms with Crippen LogP contribution in [-0.2, 0) is 4.74 Å². The number of hydrogen-bond donors (Lipinski definition) is 1. The van der Waals surface area contributed by atoms with Gasteiger partial charge in [-0.25, -0.2) is 0 Å². The number of methoxy groups -OCH3 is 2. The molecular weight excluding hydrogens is 222 g/mol. The minimum absolute atomic E-state index is 0.310. The molecule has 1 aromatic carbocycles. The Bertz CT molecular complexity index is 307. The van der Waals surface area contributed by atoms with Crippen LogP contribution in [0.2, 0.25) is 0 Å². The third-order valence-electron chi connectivity index (χ3n) is 2.29. The van der Waals surface area contributed by atoms with E-state index in [0.29, 0.717) is 11.8 Å². The highest BCUT2D eigenvalue weighted by Gasteiger charge is 2.10. The van der Waals surface area contributed by atoms with Crippen molar-refractivity contribution >= 4 is 11.8 Å². The van der Waals surface area contributed by atoms with E-state index in [1.165, 1.54) is 5.56 Å². The van der Waals surface area contributed by atoms with Gasteiger partial charge in [0.1, 0.15) is 5.75 Å². The molecule has 0 bridgehead atoms. The number of nitrogens with two attached hydrogens (primary N) is 1. The van der Waals surface area contributed by atoms with Gasteiger partial charge < -0.3 is 15.2 Å². The second-order valence-corrected chi connectivity index (χ2v) is 4.68. The molecule has 0 aliphatic carbocycles. The maximum absolute atomic E-state index is 5.78. The largest absolute Gasteiger partial charge is 0.497 e. The van der Waals surface area contributed by atoms with E-state index in [9.17, 15) is 0 Å². The molecule has 0 radical (unpaired) electrons. The van der Waals surface area contributed by atoms with Gasteiger partial charge in [-0.15, -0.1) is 0 Å². The van der Waals surface area contributed by atoms with Crippen molar-refractivity contribution in [2.24, 2.45) is 5.73 Å². The molecule has 16 heavy (non-hydrogen) atoms. The zero-order valence-corrected chi connectivity index (χ0v) is 10.6. The number of hydrogen-bond acceptors (Lipinski definition) is 4. The molecule has 2 N–H and O–H groups in total. The molecule has 0 aliphatic rings. The smallest absolute Gasteiger partial charge is 0.119 e. The Labute approximate surface area is 101 Å². The van der Waals surface area contributed by atoms with Gasteiger partial charge >= 0.3 is 0 Å². The standard InChI is InChI=1S/C12H19NO2S/c1-14-6-7-16-12(9-13)10-4-3-5-11(8-10)15-2/h3-5,8,12H,6-7,9,13H2,1-2H3. The minimum atomic E-state index is 0.310. The molecule has 1 aromatic rings. The van der Waals surface area contributed by atoms with Crippen LogP contribution in [0.1, 0.15) is 10.8 Å². The lowest BCUT2D eigenvalue weighted by Gasteiger charge is -2.15. The van der Waals surface area contributed by atoms with Crippen LogP contribution in [0, 0.1) is 0 Å². The van der Waals surface area contributed by atoms with Gasteiger partial charge in [-0.3, -0.25) is 0 Å². The zero-order valence-electron chi connectivity index (χ0n) is 9.81. The van der Waals surface area contributed by atoms with Gasteiger partial charge in [-0.05, 0) is 17.7 Å². The van der Waals surface area contributed by atoms with E-state index in [0.717, 1.165) is 18.1 Å². The SMILES string of the molecule is COCCSC(CN)c1cccc(OC)c1. The highest BCUT2D eigenvalue weighted by molar-refractivity contribution is 7.99. The van der Waals surface area contributed by atoms with Crippen LogP contribution < -0.4 is 10.5 Å². The van der Waals surface area contributed by atoms with E-state index in [2.05, 4.69) is 6.07 Å². The summed E-state index contributed by atoms with van der Waals surface area (Å²) in [5.74, 6) is 1.83. The van der Waals surface area contributed by atoms with Gasteiger partial charge in [0.15, 0.2) is 0 Å². The molecule has 1 atom stereocenters. The van der Waals surface area contributed by atoms with Gasteiger partial charge in [0.25, 0.3) is 0 Å². The summed E-state index contributed by atoms with van der Waals surface area (Å²) in [6, 6.07) is 8.06. The summed E-state index contributed by atoms with van der Waals surface area (Å²) < 4.78 is 10.2. The zero-order chi connectivity index (χ0) is 11.8. The Morgan fingerprint density at radius 3 is 2.81 bits per heavy atom. The summed E-state index contributed by atoms with van der Waals surface area (Å²) in [4.78, 5) is 0. The van der Waals surface area contributed by atoms with Crippen molar-refractivity contribution in [2.75, 3.05) is 33.1 Å². The fourth-order valence-corrected chi connectivity index (χ4v) is 2.44. The lowest BCUT2D eigenvalue weighted by Crippen LogP contribution is -2.11. The molecular formula is C12H19NO2S. The van der Waals surface area contributed by atoms with Gasteiger partial charge in [0.2, 0.25) is 0 Å². The van der Waals surface area contributed by atoms with Gasteiger partial charge in [0.05, 0.1) is 13.7 Å². The lowest BCUT2D eigenvalue weighted by molar-refractivity contribution is 0.218. The topological polar surface area (TPSA) is 44.5 Å². The third-order valence-corrected chi connectivity index (χ3v) is 3.56. The molecule has 0 saturated heterocycles. The molecule has 0 saturated carbocycles. The summed E-state index contributed by atoms with van der Waals surface area (Å²) in [6.45, 7) is 1.38. The molecule has 4 heteroatoms. The average Bonchev–Trinajstić information content (AvgIpc) is 2.35. The predicted octanol–water partition coefficient (Wildman–Crippen LogP) is 2.07. The van der Waals surface area contributed by atoms with Crippen LogP contribution in [0.15, 0.2) is 24.3 Å². The van der Waals surface area contributed by atoms with Crippen LogP contribution in [0.25, 0.3) is 0 Å². The van der Waals surface area contributed by atoms with Crippen molar-refractivity contribution < 1.29 is 9.47 Å². The minimum Gasteiger partial charge on any atom is -0.497 e. The van der Waals surface area contributed by atoms with E-state index < -0.39 is 0 Å². The molecule has 90 valence electrons. The summed E-state index contributed by atoms with van der Waals surface area (Å²) >= 11 is 1.81. The van der Waals surface area contributed by atoms with Gasteiger partial charge in [-0.2, -0.15) is 11.8 Å². The highest BCUT2D eigenvalue weighted by Crippen LogP contribution is 2.29. The van der Waals surface area contributed by atoms with Gasteiger partial charge in [0, 0.05) is 24.7 Å². The Hall–Kier alpha value is -0.710. The summed E-state index contributed by atoms with van der Waals surface area (Å²) in [5, 5.41) is 0.310. The van der Waals surface area contributed by atoms with Crippen LogP contribution in [0.5, 0.6) is 5.75 Å². The number of rotatable bonds is 7. The van der Waals surface area contributed by atoms with Crippen molar-refractivity contribution in [1.82, 2.24) is 0 Å². The van der Waals surface area contributed by atoms with E-state index in [1.54, 1.807) is 14.2 Å². The molecule has 0 fully saturated rings.